The SMILES string of the molecule is CCC1(CC)CN(CCCCO)C1. The maximum atomic E-state index is 8.65. The van der Waals surface area contributed by atoms with Gasteiger partial charge in [-0.2, -0.15) is 0 Å². The Hall–Kier alpha value is -0.0800. The Labute approximate surface area is 81.9 Å². The van der Waals surface area contributed by atoms with E-state index in [-0.39, 0.29) is 0 Å². The van der Waals surface area contributed by atoms with Crippen LogP contribution in [0.4, 0.5) is 0 Å². The third kappa shape index (κ3) is 2.68. The monoisotopic (exact) mass is 185 g/mol. The van der Waals surface area contributed by atoms with Gasteiger partial charge in [-0.05, 0) is 37.6 Å². The molecule has 0 aromatic heterocycles. The molecule has 0 atom stereocenters. The number of likely N-dealkylation sites (tertiary alicyclic amines) is 1. The van der Waals surface area contributed by atoms with Crippen molar-refractivity contribution in [2.75, 3.05) is 26.2 Å². The first-order valence-corrected chi connectivity index (χ1v) is 5.59. The minimum atomic E-state index is 0.348. The Morgan fingerprint density at radius 1 is 1.15 bits per heavy atom. The van der Waals surface area contributed by atoms with Crippen LogP contribution in [0.5, 0.6) is 0 Å². The molecule has 1 heterocycles. The van der Waals surface area contributed by atoms with Gasteiger partial charge >= 0.3 is 0 Å². The van der Waals surface area contributed by atoms with Crippen LogP contribution in [0.2, 0.25) is 0 Å². The van der Waals surface area contributed by atoms with Gasteiger partial charge in [0.05, 0.1) is 0 Å². The molecule has 0 aliphatic carbocycles. The summed E-state index contributed by atoms with van der Waals surface area (Å²) in [5, 5.41) is 8.65. The lowest BCUT2D eigenvalue weighted by Gasteiger charge is -2.50. The van der Waals surface area contributed by atoms with Gasteiger partial charge in [0.15, 0.2) is 0 Å². The first-order chi connectivity index (χ1) is 6.26. The van der Waals surface area contributed by atoms with Gasteiger partial charge in [0, 0.05) is 19.7 Å². The highest BCUT2D eigenvalue weighted by Crippen LogP contribution is 2.36. The zero-order chi connectivity index (χ0) is 9.73. The molecule has 0 unspecified atom stereocenters. The van der Waals surface area contributed by atoms with Crippen molar-refractivity contribution in [3.05, 3.63) is 0 Å². The third-order valence-corrected chi connectivity index (χ3v) is 3.50. The van der Waals surface area contributed by atoms with Crippen LogP contribution in [-0.4, -0.2) is 36.2 Å². The fraction of sp³-hybridized carbons (Fsp3) is 1.00. The molecule has 1 fully saturated rings. The quantitative estimate of drug-likeness (QED) is 0.639. The van der Waals surface area contributed by atoms with E-state index in [1.54, 1.807) is 0 Å². The van der Waals surface area contributed by atoms with Gasteiger partial charge in [-0.15, -0.1) is 0 Å². The third-order valence-electron chi connectivity index (χ3n) is 3.50. The number of unbranched alkanes of at least 4 members (excludes halogenated alkanes) is 1. The van der Waals surface area contributed by atoms with E-state index in [9.17, 15) is 0 Å². The molecule has 2 nitrogen and oxygen atoms in total. The van der Waals surface area contributed by atoms with Gasteiger partial charge in [0.25, 0.3) is 0 Å². The van der Waals surface area contributed by atoms with Crippen LogP contribution in [0.25, 0.3) is 0 Å². The molecular weight excluding hydrogens is 162 g/mol. The van der Waals surface area contributed by atoms with Gasteiger partial charge in [-0.1, -0.05) is 13.8 Å². The zero-order valence-electron chi connectivity index (χ0n) is 9.05. The summed E-state index contributed by atoms with van der Waals surface area (Å²) in [6.07, 6.45) is 4.75. The maximum absolute atomic E-state index is 8.65. The van der Waals surface area contributed by atoms with E-state index < -0.39 is 0 Å². The number of hydrogen-bond acceptors (Lipinski definition) is 2. The average molecular weight is 185 g/mol. The lowest BCUT2D eigenvalue weighted by molar-refractivity contribution is -0.00722. The van der Waals surface area contributed by atoms with E-state index in [1.807, 2.05) is 0 Å². The molecule has 0 amide bonds. The summed E-state index contributed by atoms with van der Waals surface area (Å²) in [5.41, 5.74) is 0.638. The van der Waals surface area contributed by atoms with E-state index >= 15 is 0 Å². The molecule has 2 heteroatoms. The van der Waals surface area contributed by atoms with Gasteiger partial charge in [0.2, 0.25) is 0 Å². The molecule has 0 aromatic carbocycles. The second kappa shape index (κ2) is 4.97. The van der Waals surface area contributed by atoms with Crippen molar-refractivity contribution < 1.29 is 5.11 Å². The van der Waals surface area contributed by atoms with E-state index in [4.69, 9.17) is 5.11 Å². The molecule has 1 saturated heterocycles. The van der Waals surface area contributed by atoms with E-state index in [1.165, 1.54) is 32.5 Å². The van der Waals surface area contributed by atoms with Crippen LogP contribution in [0.1, 0.15) is 39.5 Å². The van der Waals surface area contributed by atoms with E-state index in [0.717, 1.165) is 12.8 Å². The number of rotatable bonds is 6. The highest BCUT2D eigenvalue weighted by atomic mass is 16.2. The summed E-state index contributed by atoms with van der Waals surface area (Å²) >= 11 is 0. The van der Waals surface area contributed by atoms with Crippen molar-refractivity contribution in [2.24, 2.45) is 5.41 Å². The Kier molecular flexibility index (Phi) is 4.20. The van der Waals surface area contributed by atoms with Crippen molar-refractivity contribution in [1.29, 1.82) is 0 Å². The Morgan fingerprint density at radius 2 is 1.77 bits per heavy atom. The summed E-state index contributed by atoms with van der Waals surface area (Å²) in [5.74, 6) is 0. The van der Waals surface area contributed by atoms with Crippen LogP contribution < -0.4 is 0 Å². The van der Waals surface area contributed by atoms with Crippen LogP contribution in [0, 0.1) is 5.41 Å². The van der Waals surface area contributed by atoms with Crippen molar-refractivity contribution in [2.45, 2.75) is 39.5 Å². The summed E-state index contributed by atoms with van der Waals surface area (Å²) < 4.78 is 0. The molecule has 0 radical (unpaired) electrons. The van der Waals surface area contributed by atoms with Crippen LogP contribution >= 0.6 is 0 Å². The van der Waals surface area contributed by atoms with Crippen LogP contribution in [0.15, 0.2) is 0 Å². The maximum Gasteiger partial charge on any atom is 0.0431 e. The highest BCUT2D eigenvalue weighted by molar-refractivity contribution is 4.92. The predicted molar refractivity (Wildman–Crippen MR) is 55.8 cm³/mol. The first-order valence-electron chi connectivity index (χ1n) is 5.59. The standard InChI is InChI=1S/C11H23NO/c1-3-11(4-2)9-12(10-11)7-5-6-8-13/h13H,3-10H2,1-2H3. The molecule has 13 heavy (non-hydrogen) atoms. The van der Waals surface area contributed by atoms with Gasteiger partial charge in [-0.25, -0.2) is 0 Å². The molecule has 0 spiro atoms. The second-order valence-corrected chi connectivity index (χ2v) is 4.35. The van der Waals surface area contributed by atoms with Crippen LogP contribution in [0.3, 0.4) is 0 Å². The minimum Gasteiger partial charge on any atom is -0.396 e. The number of aliphatic hydroxyl groups is 1. The summed E-state index contributed by atoms with van der Waals surface area (Å²) in [6.45, 7) is 8.70. The van der Waals surface area contributed by atoms with Crippen molar-refractivity contribution in [3.63, 3.8) is 0 Å². The summed E-state index contributed by atoms with van der Waals surface area (Å²) in [7, 11) is 0. The van der Waals surface area contributed by atoms with Gasteiger partial charge in [0.1, 0.15) is 0 Å². The minimum absolute atomic E-state index is 0.348. The highest BCUT2D eigenvalue weighted by Gasteiger charge is 2.38. The van der Waals surface area contributed by atoms with E-state index in [2.05, 4.69) is 18.7 Å². The lowest BCUT2D eigenvalue weighted by atomic mass is 9.75. The average Bonchev–Trinajstić information content (AvgIpc) is 2.10. The zero-order valence-corrected chi connectivity index (χ0v) is 9.05. The molecule has 1 aliphatic rings. The molecular formula is C11H23NO. The van der Waals surface area contributed by atoms with Gasteiger partial charge < -0.3 is 10.0 Å². The molecule has 78 valence electrons. The topological polar surface area (TPSA) is 23.5 Å². The van der Waals surface area contributed by atoms with Crippen LogP contribution in [-0.2, 0) is 0 Å². The Morgan fingerprint density at radius 3 is 2.23 bits per heavy atom. The molecule has 1 aliphatic heterocycles. The number of nitrogens with zero attached hydrogens (tertiary/aromatic N) is 1. The molecule has 1 N–H and O–H groups in total. The lowest BCUT2D eigenvalue weighted by Crippen LogP contribution is -2.55. The first kappa shape index (κ1) is 11.0. The van der Waals surface area contributed by atoms with Crippen molar-refractivity contribution in [3.8, 4) is 0 Å². The Bertz CT molecular complexity index is 135. The predicted octanol–water partition coefficient (Wildman–Crippen LogP) is 1.88. The summed E-state index contributed by atoms with van der Waals surface area (Å²) in [4.78, 5) is 2.52. The summed E-state index contributed by atoms with van der Waals surface area (Å²) in [6, 6.07) is 0. The van der Waals surface area contributed by atoms with Crippen molar-refractivity contribution >= 4 is 0 Å². The fourth-order valence-electron chi connectivity index (χ4n) is 2.20. The molecule has 0 aromatic rings. The normalized spacial score (nSPS) is 21.5. The molecule has 0 saturated carbocycles. The molecule has 1 rings (SSSR count). The Balaban J connectivity index is 2.09. The van der Waals surface area contributed by atoms with Gasteiger partial charge in [-0.3, -0.25) is 0 Å². The smallest absolute Gasteiger partial charge is 0.0431 e. The number of hydrogen-bond donors (Lipinski definition) is 1. The van der Waals surface area contributed by atoms with Crippen molar-refractivity contribution in [1.82, 2.24) is 4.90 Å². The largest absolute Gasteiger partial charge is 0.396 e. The second-order valence-electron chi connectivity index (χ2n) is 4.35. The fourth-order valence-corrected chi connectivity index (χ4v) is 2.20. The number of aliphatic hydroxyl groups excluding tert-OH is 1. The molecule has 0 bridgehead atoms. The van der Waals surface area contributed by atoms with E-state index in [0.29, 0.717) is 12.0 Å².